The maximum atomic E-state index is 9.90. The molecule has 0 spiro atoms. The zero-order valence-corrected chi connectivity index (χ0v) is 7.78. The number of rotatable bonds is 3. The van der Waals surface area contributed by atoms with E-state index >= 15 is 0 Å². The van der Waals surface area contributed by atoms with Crippen molar-refractivity contribution in [2.45, 2.75) is 12.1 Å². The van der Waals surface area contributed by atoms with Crippen LogP contribution in [0.2, 0.25) is 0 Å². The summed E-state index contributed by atoms with van der Waals surface area (Å²) in [7, 11) is -4.64. The van der Waals surface area contributed by atoms with Crippen molar-refractivity contribution in [3.8, 4) is 0 Å². The van der Waals surface area contributed by atoms with Gasteiger partial charge in [-0.3, -0.25) is 4.79 Å². The molecule has 0 saturated carbocycles. The first-order valence-corrected chi connectivity index (χ1v) is 4.71. The zero-order chi connectivity index (χ0) is 11.9. The Balaban J connectivity index is 0. The molecule has 0 fully saturated rings. The Morgan fingerprint density at radius 3 is 1.71 bits per heavy atom. The minimum absolute atomic E-state index is 0.631. The van der Waals surface area contributed by atoms with E-state index in [0.29, 0.717) is 0 Å². The quantitative estimate of drug-likeness (QED) is 0.247. The molecular weight excluding hydrogens is 221 g/mol. The van der Waals surface area contributed by atoms with Gasteiger partial charge in [0.25, 0.3) is 0 Å². The lowest BCUT2D eigenvalue weighted by Crippen LogP contribution is -2.43. The van der Waals surface area contributed by atoms with Gasteiger partial charge in [-0.05, 0) is 0 Å². The molecular formula is C4H12NO8P. The van der Waals surface area contributed by atoms with E-state index in [0.717, 1.165) is 0 Å². The second-order valence-corrected chi connectivity index (χ2v) is 3.15. The Morgan fingerprint density at radius 2 is 1.64 bits per heavy atom. The summed E-state index contributed by atoms with van der Waals surface area (Å²) in [6.45, 7) is -0.631. The van der Waals surface area contributed by atoms with Crippen molar-refractivity contribution in [2.75, 3.05) is 6.61 Å². The van der Waals surface area contributed by atoms with Crippen LogP contribution < -0.4 is 5.73 Å². The lowest BCUT2D eigenvalue weighted by atomic mass is 10.2. The van der Waals surface area contributed by atoms with Gasteiger partial charge in [0.2, 0.25) is 0 Å². The van der Waals surface area contributed by atoms with Crippen LogP contribution in [0.1, 0.15) is 0 Å². The van der Waals surface area contributed by atoms with Gasteiger partial charge in [-0.15, -0.1) is 0 Å². The number of phosphoric acid groups is 1. The van der Waals surface area contributed by atoms with E-state index in [1.165, 1.54) is 0 Å². The summed E-state index contributed by atoms with van der Waals surface area (Å²) < 4.78 is 8.88. The molecule has 86 valence electrons. The van der Waals surface area contributed by atoms with E-state index < -0.39 is 32.5 Å². The van der Waals surface area contributed by atoms with E-state index in [1.54, 1.807) is 0 Å². The summed E-state index contributed by atoms with van der Waals surface area (Å²) in [5, 5.41) is 24.8. The molecule has 0 radical (unpaired) electrons. The Hall–Kier alpha value is -0.540. The van der Waals surface area contributed by atoms with Crippen molar-refractivity contribution in [3.63, 3.8) is 0 Å². The molecule has 0 aliphatic carbocycles. The average molecular weight is 233 g/mol. The fourth-order valence-corrected chi connectivity index (χ4v) is 0.278. The highest BCUT2D eigenvalue weighted by molar-refractivity contribution is 7.45. The summed E-state index contributed by atoms with van der Waals surface area (Å²) in [5.41, 5.74) is 4.86. The zero-order valence-electron chi connectivity index (χ0n) is 6.89. The molecule has 9 nitrogen and oxygen atoms in total. The van der Waals surface area contributed by atoms with Gasteiger partial charge in [-0.25, -0.2) is 4.57 Å². The van der Waals surface area contributed by atoms with Crippen LogP contribution in [0.5, 0.6) is 0 Å². The first-order chi connectivity index (χ1) is 6.09. The predicted octanol–water partition coefficient (Wildman–Crippen LogP) is -3.18. The molecule has 0 bridgehead atoms. The molecule has 2 unspecified atom stereocenters. The Morgan fingerprint density at radius 1 is 1.36 bits per heavy atom. The third-order valence-corrected chi connectivity index (χ3v) is 0.887. The molecule has 0 aliphatic heterocycles. The minimum Gasteiger partial charge on any atom is -0.480 e. The fraction of sp³-hybridized carbons (Fsp3) is 0.750. The SMILES string of the molecule is NC(C(=O)O)C(O)CO.O=P(O)(O)O. The van der Waals surface area contributed by atoms with Gasteiger partial charge in [0.05, 0.1) is 6.61 Å². The van der Waals surface area contributed by atoms with Crippen molar-refractivity contribution in [1.82, 2.24) is 0 Å². The second kappa shape index (κ2) is 6.85. The highest BCUT2D eigenvalue weighted by atomic mass is 31.2. The van der Waals surface area contributed by atoms with Gasteiger partial charge in [0.15, 0.2) is 0 Å². The average Bonchev–Trinajstić information content (AvgIpc) is 1.98. The van der Waals surface area contributed by atoms with E-state index in [4.69, 9.17) is 40.3 Å². The Bertz CT molecular complexity index is 205. The van der Waals surface area contributed by atoms with Crippen molar-refractivity contribution < 1.29 is 39.4 Å². The number of hydrogen-bond acceptors (Lipinski definition) is 5. The minimum atomic E-state index is -4.64. The fourth-order valence-electron chi connectivity index (χ4n) is 0.278. The van der Waals surface area contributed by atoms with Gasteiger partial charge < -0.3 is 35.7 Å². The van der Waals surface area contributed by atoms with Crippen LogP contribution in [0.25, 0.3) is 0 Å². The molecule has 0 aromatic heterocycles. The van der Waals surface area contributed by atoms with E-state index in [1.807, 2.05) is 0 Å². The molecule has 2 atom stereocenters. The summed E-state index contributed by atoms with van der Waals surface area (Å²) in [6, 6.07) is -1.39. The molecule has 0 rings (SSSR count). The van der Waals surface area contributed by atoms with Gasteiger partial charge in [-0.2, -0.15) is 0 Å². The standard InChI is InChI=1S/C4H9NO4.H3O4P/c5-3(4(8)9)2(7)1-6;1-5(2,3)4/h2-3,6-7H,1,5H2,(H,8,9);(H3,1,2,3,4). The normalized spacial score (nSPS) is 15.0. The number of carboxylic acids is 1. The summed E-state index contributed by atoms with van der Waals surface area (Å²) >= 11 is 0. The third kappa shape index (κ3) is 14.0. The topological polar surface area (TPSA) is 182 Å². The van der Waals surface area contributed by atoms with Crippen LogP contribution in [-0.4, -0.2) is 54.7 Å². The second-order valence-electron chi connectivity index (χ2n) is 2.13. The molecule has 14 heavy (non-hydrogen) atoms. The van der Waals surface area contributed by atoms with Crippen LogP contribution in [0.4, 0.5) is 0 Å². The Kier molecular flexibility index (Phi) is 7.78. The predicted molar refractivity (Wildman–Crippen MR) is 43.0 cm³/mol. The smallest absolute Gasteiger partial charge is 0.466 e. The summed E-state index contributed by atoms with van der Waals surface area (Å²) in [5.74, 6) is -1.32. The molecule has 0 amide bonds. The summed E-state index contributed by atoms with van der Waals surface area (Å²) in [4.78, 5) is 31.5. The molecule has 0 aromatic carbocycles. The number of aliphatic hydroxyl groups is 2. The lowest BCUT2D eigenvalue weighted by Gasteiger charge is -2.10. The van der Waals surface area contributed by atoms with Crippen LogP contribution in [-0.2, 0) is 9.36 Å². The molecule has 10 heteroatoms. The van der Waals surface area contributed by atoms with Crippen LogP contribution in [0.3, 0.4) is 0 Å². The van der Waals surface area contributed by atoms with Gasteiger partial charge >= 0.3 is 13.8 Å². The van der Waals surface area contributed by atoms with E-state index in [9.17, 15) is 4.79 Å². The van der Waals surface area contributed by atoms with Gasteiger partial charge in [0, 0.05) is 0 Å². The van der Waals surface area contributed by atoms with E-state index in [2.05, 4.69) is 0 Å². The Labute approximate surface area is 78.7 Å². The first-order valence-electron chi connectivity index (χ1n) is 3.15. The van der Waals surface area contributed by atoms with Crippen molar-refractivity contribution in [3.05, 3.63) is 0 Å². The van der Waals surface area contributed by atoms with Crippen molar-refractivity contribution in [2.24, 2.45) is 5.73 Å². The summed E-state index contributed by atoms with van der Waals surface area (Å²) in [6.07, 6.45) is -1.37. The number of aliphatic carboxylic acids is 1. The molecule has 8 N–H and O–H groups in total. The number of hydrogen-bond donors (Lipinski definition) is 7. The molecule has 0 aromatic rings. The number of aliphatic hydroxyl groups excluding tert-OH is 2. The highest BCUT2D eigenvalue weighted by Crippen LogP contribution is 2.25. The van der Waals surface area contributed by atoms with Crippen molar-refractivity contribution >= 4 is 13.8 Å². The monoisotopic (exact) mass is 233 g/mol. The maximum absolute atomic E-state index is 9.90. The number of carboxylic acid groups (broad SMARTS) is 1. The largest absolute Gasteiger partial charge is 0.480 e. The highest BCUT2D eigenvalue weighted by Gasteiger charge is 2.20. The van der Waals surface area contributed by atoms with Crippen LogP contribution >= 0.6 is 7.82 Å². The number of nitrogens with two attached hydrogens (primary N) is 1. The molecule has 0 heterocycles. The maximum Gasteiger partial charge on any atom is 0.466 e. The van der Waals surface area contributed by atoms with E-state index in [-0.39, 0.29) is 0 Å². The first kappa shape index (κ1) is 15.9. The third-order valence-electron chi connectivity index (χ3n) is 0.887. The van der Waals surface area contributed by atoms with Crippen LogP contribution in [0, 0.1) is 0 Å². The van der Waals surface area contributed by atoms with Crippen LogP contribution in [0.15, 0.2) is 0 Å². The van der Waals surface area contributed by atoms with Gasteiger partial charge in [0.1, 0.15) is 12.1 Å². The van der Waals surface area contributed by atoms with Gasteiger partial charge in [-0.1, -0.05) is 0 Å². The number of carbonyl (C=O) groups is 1. The van der Waals surface area contributed by atoms with Crippen molar-refractivity contribution in [1.29, 1.82) is 0 Å². The lowest BCUT2D eigenvalue weighted by molar-refractivity contribution is -0.141. The molecule has 0 aliphatic rings. The molecule has 0 saturated heterocycles.